The molecule has 1 aromatic rings. The predicted molar refractivity (Wildman–Crippen MR) is 67.6 cm³/mol. The van der Waals surface area contributed by atoms with E-state index in [1.54, 1.807) is 6.07 Å². The monoisotopic (exact) mass is 222 g/mol. The van der Waals surface area contributed by atoms with Crippen molar-refractivity contribution in [2.75, 3.05) is 26.7 Å². The Balaban J connectivity index is 2.25. The Morgan fingerprint density at radius 1 is 1.31 bits per heavy atom. The second kappa shape index (κ2) is 7.25. The minimum absolute atomic E-state index is 0.343. The number of rotatable bonds is 7. The van der Waals surface area contributed by atoms with Crippen LogP contribution in [0, 0.1) is 0 Å². The van der Waals surface area contributed by atoms with Crippen LogP contribution < -0.4 is 5.32 Å². The van der Waals surface area contributed by atoms with E-state index in [1.165, 1.54) is 6.42 Å². The van der Waals surface area contributed by atoms with E-state index in [-0.39, 0.29) is 0 Å². The summed E-state index contributed by atoms with van der Waals surface area (Å²) < 4.78 is 0. The first kappa shape index (κ1) is 13.0. The van der Waals surface area contributed by atoms with E-state index in [4.69, 9.17) is 0 Å². The van der Waals surface area contributed by atoms with Crippen molar-refractivity contribution in [1.29, 1.82) is 0 Å². The molecule has 3 heteroatoms. The van der Waals surface area contributed by atoms with E-state index < -0.39 is 0 Å². The molecule has 0 amide bonds. The number of phenolic OH excluding ortho intramolecular Hbond substituents is 1. The molecule has 90 valence electrons. The maximum atomic E-state index is 9.34. The lowest BCUT2D eigenvalue weighted by Gasteiger charge is -2.17. The van der Waals surface area contributed by atoms with Gasteiger partial charge in [-0.15, -0.1) is 0 Å². The van der Waals surface area contributed by atoms with Crippen molar-refractivity contribution in [3.05, 3.63) is 29.8 Å². The molecule has 0 spiro atoms. The maximum Gasteiger partial charge on any atom is 0.115 e. The van der Waals surface area contributed by atoms with Gasteiger partial charge in [0.2, 0.25) is 0 Å². The molecule has 0 aliphatic heterocycles. The van der Waals surface area contributed by atoms with Gasteiger partial charge in [-0.05, 0) is 37.7 Å². The fourth-order valence-corrected chi connectivity index (χ4v) is 1.62. The summed E-state index contributed by atoms with van der Waals surface area (Å²) >= 11 is 0. The van der Waals surface area contributed by atoms with Gasteiger partial charge in [-0.3, -0.25) is 0 Å². The molecule has 0 aliphatic rings. The van der Waals surface area contributed by atoms with Crippen LogP contribution in [0.1, 0.15) is 18.9 Å². The number of aromatic hydroxyl groups is 1. The van der Waals surface area contributed by atoms with Crippen molar-refractivity contribution in [3.63, 3.8) is 0 Å². The molecule has 0 fully saturated rings. The van der Waals surface area contributed by atoms with Crippen LogP contribution in [0.4, 0.5) is 0 Å². The normalized spacial score (nSPS) is 10.9. The van der Waals surface area contributed by atoms with Gasteiger partial charge in [0.1, 0.15) is 5.75 Å². The summed E-state index contributed by atoms with van der Waals surface area (Å²) in [7, 11) is 2.09. The minimum atomic E-state index is 0.343. The number of nitrogens with zero attached hydrogens (tertiary/aromatic N) is 1. The Bertz CT molecular complexity index is 302. The van der Waals surface area contributed by atoms with Gasteiger partial charge in [-0.1, -0.05) is 19.1 Å². The van der Waals surface area contributed by atoms with Crippen LogP contribution in [-0.4, -0.2) is 36.7 Å². The van der Waals surface area contributed by atoms with Crippen LogP contribution in [0.15, 0.2) is 24.3 Å². The zero-order valence-corrected chi connectivity index (χ0v) is 10.2. The van der Waals surface area contributed by atoms with Crippen molar-refractivity contribution in [1.82, 2.24) is 10.2 Å². The summed E-state index contributed by atoms with van der Waals surface area (Å²) in [5.41, 5.74) is 1.15. The maximum absolute atomic E-state index is 9.34. The zero-order valence-electron chi connectivity index (χ0n) is 10.2. The molecule has 3 nitrogen and oxygen atoms in total. The molecule has 16 heavy (non-hydrogen) atoms. The summed E-state index contributed by atoms with van der Waals surface area (Å²) in [5, 5.41) is 12.7. The molecule has 0 saturated heterocycles. The molecule has 2 N–H and O–H groups in total. The molecule has 1 aromatic carbocycles. The Labute approximate surface area is 98.1 Å². The standard InChI is InChI=1S/C13H22N2O/c1-3-7-14-8-9-15(2)11-12-5-4-6-13(16)10-12/h4-6,10,14,16H,3,7-9,11H2,1-2H3. The summed E-state index contributed by atoms with van der Waals surface area (Å²) in [4.78, 5) is 2.25. The summed E-state index contributed by atoms with van der Waals surface area (Å²) in [6, 6.07) is 7.44. The van der Waals surface area contributed by atoms with Gasteiger partial charge < -0.3 is 15.3 Å². The third-order valence-corrected chi connectivity index (χ3v) is 2.46. The van der Waals surface area contributed by atoms with E-state index in [0.717, 1.165) is 31.7 Å². The molecule has 0 atom stereocenters. The topological polar surface area (TPSA) is 35.5 Å². The minimum Gasteiger partial charge on any atom is -0.508 e. The smallest absolute Gasteiger partial charge is 0.115 e. The van der Waals surface area contributed by atoms with Gasteiger partial charge in [0, 0.05) is 19.6 Å². The highest BCUT2D eigenvalue weighted by Gasteiger charge is 2.00. The number of hydrogen-bond donors (Lipinski definition) is 2. The Hall–Kier alpha value is -1.06. The Morgan fingerprint density at radius 3 is 2.81 bits per heavy atom. The average molecular weight is 222 g/mol. The van der Waals surface area contributed by atoms with E-state index in [0.29, 0.717) is 5.75 Å². The van der Waals surface area contributed by atoms with Crippen molar-refractivity contribution >= 4 is 0 Å². The van der Waals surface area contributed by atoms with Gasteiger partial charge in [-0.25, -0.2) is 0 Å². The Kier molecular flexibility index (Phi) is 5.90. The molecule has 0 bridgehead atoms. The second-order valence-electron chi connectivity index (χ2n) is 4.16. The second-order valence-corrected chi connectivity index (χ2v) is 4.16. The van der Waals surface area contributed by atoms with Gasteiger partial charge in [0.25, 0.3) is 0 Å². The zero-order chi connectivity index (χ0) is 11.8. The highest BCUT2D eigenvalue weighted by atomic mass is 16.3. The highest BCUT2D eigenvalue weighted by molar-refractivity contribution is 5.26. The first-order chi connectivity index (χ1) is 7.72. The summed E-state index contributed by atoms with van der Waals surface area (Å²) in [6.45, 7) is 6.17. The SMILES string of the molecule is CCCNCCN(C)Cc1cccc(O)c1. The van der Waals surface area contributed by atoms with E-state index >= 15 is 0 Å². The van der Waals surface area contributed by atoms with E-state index in [9.17, 15) is 5.11 Å². The van der Waals surface area contributed by atoms with Gasteiger partial charge in [0.05, 0.1) is 0 Å². The summed E-state index contributed by atoms with van der Waals surface area (Å²) in [5.74, 6) is 0.343. The van der Waals surface area contributed by atoms with Crippen LogP contribution in [-0.2, 0) is 6.54 Å². The third-order valence-electron chi connectivity index (χ3n) is 2.46. The molecule has 0 aliphatic carbocycles. The molecule has 1 rings (SSSR count). The molecule has 0 saturated carbocycles. The third kappa shape index (κ3) is 5.14. The first-order valence-electron chi connectivity index (χ1n) is 5.89. The predicted octanol–water partition coefficient (Wildman–Crippen LogP) is 1.82. The lowest BCUT2D eigenvalue weighted by Crippen LogP contribution is -2.29. The lowest BCUT2D eigenvalue weighted by molar-refractivity contribution is 0.324. The van der Waals surface area contributed by atoms with Crippen LogP contribution in [0.3, 0.4) is 0 Å². The van der Waals surface area contributed by atoms with Crippen LogP contribution >= 0.6 is 0 Å². The summed E-state index contributed by atoms with van der Waals surface area (Å²) in [6.07, 6.45) is 1.18. The van der Waals surface area contributed by atoms with Crippen molar-refractivity contribution in [3.8, 4) is 5.75 Å². The largest absolute Gasteiger partial charge is 0.508 e. The molecular formula is C13H22N2O. The Morgan fingerprint density at radius 2 is 2.12 bits per heavy atom. The van der Waals surface area contributed by atoms with E-state index in [1.807, 2.05) is 18.2 Å². The van der Waals surface area contributed by atoms with Gasteiger partial charge in [-0.2, -0.15) is 0 Å². The van der Waals surface area contributed by atoms with E-state index in [2.05, 4.69) is 24.2 Å². The molecule has 0 heterocycles. The van der Waals surface area contributed by atoms with Crippen LogP contribution in [0.25, 0.3) is 0 Å². The lowest BCUT2D eigenvalue weighted by atomic mass is 10.2. The molecule has 0 aromatic heterocycles. The van der Waals surface area contributed by atoms with Crippen molar-refractivity contribution in [2.45, 2.75) is 19.9 Å². The van der Waals surface area contributed by atoms with Gasteiger partial charge in [0.15, 0.2) is 0 Å². The van der Waals surface area contributed by atoms with Crippen molar-refractivity contribution in [2.24, 2.45) is 0 Å². The number of phenols is 1. The highest BCUT2D eigenvalue weighted by Crippen LogP contribution is 2.11. The number of nitrogens with one attached hydrogen (secondary N) is 1. The van der Waals surface area contributed by atoms with Crippen molar-refractivity contribution < 1.29 is 5.11 Å². The average Bonchev–Trinajstić information content (AvgIpc) is 2.24. The number of likely N-dealkylation sites (N-methyl/N-ethyl adjacent to an activating group) is 1. The van der Waals surface area contributed by atoms with Gasteiger partial charge >= 0.3 is 0 Å². The molecule has 0 unspecified atom stereocenters. The first-order valence-corrected chi connectivity index (χ1v) is 5.89. The van der Waals surface area contributed by atoms with Crippen LogP contribution in [0.5, 0.6) is 5.75 Å². The quantitative estimate of drug-likeness (QED) is 0.691. The number of hydrogen-bond acceptors (Lipinski definition) is 3. The fraction of sp³-hybridized carbons (Fsp3) is 0.538. The molecule has 0 radical (unpaired) electrons. The fourth-order valence-electron chi connectivity index (χ4n) is 1.62. The number of benzene rings is 1. The molecular weight excluding hydrogens is 200 g/mol. The van der Waals surface area contributed by atoms with Crippen LogP contribution in [0.2, 0.25) is 0 Å².